The first-order chi connectivity index (χ1) is 8.66. The van der Waals surface area contributed by atoms with Crippen LogP contribution in [0.1, 0.15) is 20.7 Å². The Morgan fingerprint density at radius 1 is 0.842 bits per heavy atom. The van der Waals surface area contributed by atoms with Crippen LogP contribution in [0.2, 0.25) is 0 Å². The van der Waals surface area contributed by atoms with E-state index in [-0.39, 0.29) is 11.1 Å². The second-order valence-electron chi connectivity index (χ2n) is 4.10. The molecule has 100 valence electrons. The Morgan fingerprint density at radius 2 is 1.37 bits per heavy atom. The van der Waals surface area contributed by atoms with Crippen molar-refractivity contribution in [1.29, 1.82) is 0 Å². The highest BCUT2D eigenvalue weighted by atomic mass is 16.7. The van der Waals surface area contributed by atoms with Gasteiger partial charge in [0, 0.05) is 11.1 Å². The van der Waals surface area contributed by atoms with Gasteiger partial charge in [-0.2, -0.15) is 0 Å². The molecule has 0 heterocycles. The number of rotatable bonds is 2. The van der Waals surface area contributed by atoms with Crippen molar-refractivity contribution in [2.24, 2.45) is 0 Å². The second-order valence-corrected chi connectivity index (χ2v) is 4.10. The van der Waals surface area contributed by atoms with E-state index in [1.54, 1.807) is 0 Å². The van der Waals surface area contributed by atoms with Gasteiger partial charge in [0.1, 0.15) is 0 Å². The Bertz CT molecular complexity index is 592. The molecule has 0 fully saturated rings. The molecule has 1 aromatic rings. The van der Waals surface area contributed by atoms with Crippen LogP contribution >= 0.6 is 0 Å². The van der Waals surface area contributed by atoms with Crippen LogP contribution in [-0.2, 0) is 0 Å². The summed E-state index contributed by atoms with van der Waals surface area (Å²) in [7, 11) is 0. The maximum absolute atomic E-state index is 12.0. The molecule has 1 aliphatic carbocycles. The highest BCUT2D eigenvalue weighted by Gasteiger charge is 2.53. The summed E-state index contributed by atoms with van der Waals surface area (Å²) in [6, 6.07) is 5.60. The van der Waals surface area contributed by atoms with Crippen molar-refractivity contribution in [3.63, 3.8) is 0 Å². The van der Waals surface area contributed by atoms with Crippen LogP contribution in [0.15, 0.2) is 35.9 Å². The largest absolute Gasteiger partial charge is 0.356 e. The number of fused-ring (bicyclic) bond motifs is 1. The number of benzene rings is 1. The number of ketones is 2. The smallest absolute Gasteiger partial charge is 0.337 e. The molecule has 5 N–H and O–H groups in total. The molecular weight excluding hydrogens is 256 g/mol. The maximum atomic E-state index is 12.0. The third kappa shape index (κ3) is 1.99. The predicted molar refractivity (Wildman–Crippen MR) is 59.7 cm³/mol. The number of hydrogen-bond acceptors (Lipinski definition) is 7. The van der Waals surface area contributed by atoms with E-state index in [1.807, 2.05) is 0 Å². The van der Waals surface area contributed by atoms with Crippen LogP contribution in [0.25, 0.3) is 0 Å². The van der Waals surface area contributed by atoms with Crippen LogP contribution < -0.4 is 0 Å². The third-order valence-electron chi connectivity index (χ3n) is 2.80. The van der Waals surface area contributed by atoms with Crippen LogP contribution in [0.3, 0.4) is 0 Å². The molecule has 0 aromatic heterocycles. The van der Waals surface area contributed by atoms with Crippen LogP contribution in [-0.4, -0.2) is 48.9 Å². The molecule has 2 rings (SSSR count). The minimum Gasteiger partial charge on any atom is -0.356 e. The van der Waals surface area contributed by atoms with Gasteiger partial charge in [0.2, 0.25) is 0 Å². The zero-order chi connectivity index (χ0) is 14.4. The van der Waals surface area contributed by atoms with Gasteiger partial charge >= 0.3 is 5.97 Å². The van der Waals surface area contributed by atoms with Crippen molar-refractivity contribution < 1.29 is 35.1 Å². The van der Waals surface area contributed by atoms with Gasteiger partial charge in [0.05, 0.1) is 5.57 Å². The number of hydrogen-bond donors (Lipinski definition) is 5. The predicted octanol–water partition coefficient (Wildman–Crippen LogP) is -1.70. The lowest BCUT2D eigenvalue weighted by atomic mass is 9.85. The first-order valence-corrected chi connectivity index (χ1v) is 5.18. The molecule has 0 unspecified atom stereocenters. The fourth-order valence-corrected chi connectivity index (χ4v) is 1.76. The van der Waals surface area contributed by atoms with Crippen molar-refractivity contribution in [2.45, 2.75) is 11.8 Å². The lowest BCUT2D eigenvalue weighted by molar-refractivity contribution is -0.431. The summed E-state index contributed by atoms with van der Waals surface area (Å²) in [6.45, 7) is 0. The van der Waals surface area contributed by atoms with E-state index in [9.17, 15) is 19.8 Å². The average Bonchev–Trinajstić information content (AvgIpc) is 2.32. The normalized spacial score (nSPS) is 16.2. The second kappa shape index (κ2) is 4.05. The molecular formula is C12H10O7. The first kappa shape index (κ1) is 13.5. The summed E-state index contributed by atoms with van der Waals surface area (Å²) in [5.41, 5.74) is -1.10. The van der Waals surface area contributed by atoms with Gasteiger partial charge in [0.15, 0.2) is 11.6 Å². The average molecular weight is 266 g/mol. The Labute approximate surface area is 106 Å². The van der Waals surface area contributed by atoms with Crippen molar-refractivity contribution in [3.05, 3.63) is 47.0 Å². The van der Waals surface area contributed by atoms with E-state index in [4.69, 9.17) is 15.3 Å². The Morgan fingerprint density at radius 3 is 1.89 bits per heavy atom. The number of aliphatic hydroxyl groups is 5. The molecule has 0 spiro atoms. The first-order valence-electron chi connectivity index (χ1n) is 5.18. The van der Waals surface area contributed by atoms with Crippen molar-refractivity contribution >= 4 is 11.6 Å². The van der Waals surface area contributed by atoms with E-state index >= 15 is 0 Å². The summed E-state index contributed by atoms with van der Waals surface area (Å²) >= 11 is 0. The van der Waals surface area contributed by atoms with E-state index < -0.39 is 28.9 Å². The minimum atomic E-state index is -3.99. The van der Waals surface area contributed by atoms with E-state index in [2.05, 4.69) is 0 Å². The lowest BCUT2D eigenvalue weighted by Crippen LogP contribution is -2.57. The van der Waals surface area contributed by atoms with Crippen molar-refractivity contribution in [3.8, 4) is 0 Å². The molecule has 0 saturated heterocycles. The standard InChI is InChI=1S/C12H10O7/c13-9-5-8(11(15,16)12(17,18)19)10(14)7-4-2-1-3-6(7)9/h1-5,15-19H. The SMILES string of the molecule is O=C1C=C(C(O)(O)C(O)(O)O)C(=O)c2ccccc21. The molecule has 0 bridgehead atoms. The quantitative estimate of drug-likeness (QED) is 0.403. The number of carbonyl (C=O) groups is 2. The number of carbonyl (C=O) groups excluding carboxylic acids is 2. The molecule has 1 aliphatic rings. The van der Waals surface area contributed by atoms with Gasteiger partial charge in [-0.1, -0.05) is 24.3 Å². The van der Waals surface area contributed by atoms with Gasteiger partial charge in [-0.05, 0) is 6.08 Å². The highest BCUT2D eigenvalue weighted by Crippen LogP contribution is 2.31. The maximum Gasteiger partial charge on any atom is 0.337 e. The topological polar surface area (TPSA) is 135 Å². The van der Waals surface area contributed by atoms with Gasteiger partial charge in [-0.25, -0.2) is 0 Å². The van der Waals surface area contributed by atoms with Gasteiger partial charge in [-0.3, -0.25) is 9.59 Å². The van der Waals surface area contributed by atoms with E-state index in [0.29, 0.717) is 6.08 Å². The summed E-state index contributed by atoms with van der Waals surface area (Å²) in [5, 5.41) is 45.5. The molecule has 0 atom stereocenters. The monoisotopic (exact) mass is 266 g/mol. The molecule has 7 nitrogen and oxygen atoms in total. The van der Waals surface area contributed by atoms with Crippen LogP contribution in [0, 0.1) is 0 Å². The van der Waals surface area contributed by atoms with Crippen molar-refractivity contribution in [2.75, 3.05) is 0 Å². The molecule has 1 aromatic carbocycles. The van der Waals surface area contributed by atoms with E-state index in [1.165, 1.54) is 24.3 Å². The highest BCUT2D eigenvalue weighted by molar-refractivity contribution is 6.25. The summed E-state index contributed by atoms with van der Waals surface area (Å²) in [6.07, 6.45) is 0.544. The lowest BCUT2D eigenvalue weighted by Gasteiger charge is -2.32. The van der Waals surface area contributed by atoms with E-state index in [0.717, 1.165) is 0 Å². The van der Waals surface area contributed by atoms with Crippen molar-refractivity contribution in [1.82, 2.24) is 0 Å². The summed E-state index contributed by atoms with van der Waals surface area (Å²) in [5.74, 6) is -9.39. The molecule has 19 heavy (non-hydrogen) atoms. The molecule has 0 radical (unpaired) electrons. The van der Waals surface area contributed by atoms with Crippen LogP contribution in [0.4, 0.5) is 0 Å². The fourth-order valence-electron chi connectivity index (χ4n) is 1.76. The van der Waals surface area contributed by atoms with Gasteiger partial charge in [0.25, 0.3) is 5.79 Å². The molecule has 0 aliphatic heterocycles. The third-order valence-corrected chi connectivity index (χ3v) is 2.80. The Hall–Kier alpha value is -1.90. The number of allylic oxidation sites excluding steroid dienone is 1. The fraction of sp³-hybridized carbons (Fsp3) is 0.167. The van der Waals surface area contributed by atoms with Gasteiger partial charge in [-0.15, -0.1) is 0 Å². The summed E-state index contributed by atoms with van der Waals surface area (Å²) in [4.78, 5) is 23.7. The molecule has 0 saturated carbocycles. The number of Topliss-reactive ketones (excluding diaryl/α,β-unsaturated/α-hetero) is 1. The zero-order valence-corrected chi connectivity index (χ0v) is 9.44. The van der Waals surface area contributed by atoms with Gasteiger partial charge < -0.3 is 25.5 Å². The zero-order valence-electron chi connectivity index (χ0n) is 9.44. The van der Waals surface area contributed by atoms with Crippen LogP contribution in [0.5, 0.6) is 0 Å². The minimum absolute atomic E-state index is 0.0477. The summed E-state index contributed by atoms with van der Waals surface area (Å²) < 4.78 is 0. The molecule has 7 heteroatoms. The Kier molecular flexibility index (Phi) is 2.89. The Balaban J connectivity index is 2.59. The molecule has 0 amide bonds.